The molecule has 3 nitrogen and oxygen atoms in total. The van der Waals surface area contributed by atoms with Crippen LogP contribution < -0.4 is 0 Å². The molecule has 0 bridgehead atoms. The topological polar surface area (TPSA) is 50.2 Å². The lowest BCUT2D eigenvalue weighted by Gasteiger charge is -2.11. The molecule has 9 heteroatoms. The summed E-state index contributed by atoms with van der Waals surface area (Å²) in [4.78, 5) is 13.3. The highest BCUT2D eigenvalue weighted by molar-refractivity contribution is 6.32. The van der Waals surface area contributed by atoms with Crippen molar-refractivity contribution in [1.29, 1.82) is 0 Å². The number of halogens is 6. The van der Waals surface area contributed by atoms with Gasteiger partial charge in [-0.15, -0.1) is 0 Å². The fraction of sp³-hybridized carbons (Fsp3) is 0.250. The average molecular weight is 276 g/mol. The fourth-order valence-corrected chi connectivity index (χ4v) is 1.34. The van der Waals surface area contributed by atoms with Crippen LogP contribution in [-0.2, 0) is 6.18 Å². The Kier molecular flexibility index (Phi) is 3.56. The zero-order chi connectivity index (χ0) is 13.4. The molecule has 17 heavy (non-hydrogen) atoms. The second-order valence-electron chi connectivity index (χ2n) is 2.87. The molecule has 0 atom stereocenters. The molecular weight excluding hydrogens is 273 g/mol. The first-order chi connectivity index (χ1) is 7.64. The van der Waals surface area contributed by atoms with E-state index in [1.54, 1.807) is 0 Å². The van der Waals surface area contributed by atoms with E-state index in [1.165, 1.54) is 0 Å². The summed E-state index contributed by atoms with van der Waals surface area (Å²) in [5.74, 6) is -1.87. The predicted octanol–water partition coefficient (Wildman–Crippen LogP) is 3.39. The van der Waals surface area contributed by atoms with E-state index >= 15 is 0 Å². The normalized spacial score (nSPS) is 11.9. The molecule has 0 unspecified atom stereocenters. The van der Waals surface area contributed by atoms with Crippen molar-refractivity contribution in [3.8, 4) is 0 Å². The van der Waals surface area contributed by atoms with Crippen LogP contribution in [0.15, 0.2) is 6.07 Å². The number of alkyl halides is 5. The summed E-state index contributed by atoms with van der Waals surface area (Å²) in [5, 5.41) is 7.43. The van der Waals surface area contributed by atoms with Crippen LogP contribution in [0.1, 0.15) is 28.0 Å². The Hall–Kier alpha value is -1.44. The maximum Gasteiger partial charge on any atom is 0.433 e. The Morgan fingerprint density at radius 1 is 1.41 bits per heavy atom. The van der Waals surface area contributed by atoms with E-state index in [0.717, 1.165) is 0 Å². The van der Waals surface area contributed by atoms with Crippen LogP contribution in [0.2, 0.25) is 5.15 Å². The third-order valence-corrected chi connectivity index (χ3v) is 2.02. The Morgan fingerprint density at radius 2 is 1.94 bits per heavy atom. The number of rotatable bonds is 2. The zero-order valence-electron chi connectivity index (χ0n) is 7.73. The SMILES string of the molecule is O=C(O)c1c(C(F)F)cc(C(F)(F)F)nc1Cl. The number of carboxylic acids is 1. The molecule has 0 saturated carbocycles. The molecule has 1 aromatic heterocycles. The quantitative estimate of drug-likeness (QED) is 0.665. The minimum Gasteiger partial charge on any atom is -0.478 e. The first-order valence-corrected chi connectivity index (χ1v) is 4.31. The van der Waals surface area contributed by atoms with E-state index in [4.69, 9.17) is 16.7 Å². The number of aromatic nitrogens is 1. The zero-order valence-corrected chi connectivity index (χ0v) is 8.48. The molecule has 0 radical (unpaired) electrons. The lowest BCUT2D eigenvalue weighted by atomic mass is 10.1. The van der Waals surface area contributed by atoms with Crippen LogP contribution in [0.5, 0.6) is 0 Å². The van der Waals surface area contributed by atoms with Gasteiger partial charge in [-0.05, 0) is 6.07 Å². The lowest BCUT2D eigenvalue weighted by molar-refractivity contribution is -0.141. The van der Waals surface area contributed by atoms with Gasteiger partial charge in [0, 0.05) is 5.56 Å². The van der Waals surface area contributed by atoms with Gasteiger partial charge in [-0.25, -0.2) is 18.6 Å². The van der Waals surface area contributed by atoms with Gasteiger partial charge in [0.1, 0.15) is 16.4 Å². The van der Waals surface area contributed by atoms with Gasteiger partial charge < -0.3 is 5.11 Å². The molecule has 1 rings (SSSR count). The predicted molar refractivity (Wildman–Crippen MR) is 46.2 cm³/mol. The van der Waals surface area contributed by atoms with Crippen molar-refractivity contribution in [2.75, 3.05) is 0 Å². The third kappa shape index (κ3) is 2.82. The van der Waals surface area contributed by atoms with Gasteiger partial charge in [0.15, 0.2) is 0 Å². The highest BCUT2D eigenvalue weighted by Gasteiger charge is 2.36. The maximum atomic E-state index is 12.4. The van der Waals surface area contributed by atoms with Crippen LogP contribution in [0.25, 0.3) is 0 Å². The van der Waals surface area contributed by atoms with Gasteiger partial charge >= 0.3 is 12.1 Å². The number of hydrogen-bond donors (Lipinski definition) is 1. The molecule has 1 N–H and O–H groups in total. The molecule has 0 aliphatic heterocycles. The Balaban J connectivity index is 3.52. The van der Waals surface area contributed by atoms with Crippen LogP contribution in [0, 0.1) is 0 Å². The number of hydrogen-bond acceptors (Lipinski definition) is 2. The van der Waals surface area contributed by atoms with Crippen LogP contribution in [0.4, 0.5) is 22.0 Å². The van der Waals surface area contributed by atoms with Gasteiger partial charge in [0.25, 0.3) is 6.43 Å². The molecule has 0 aliphatic rings. The van der Waals surface area contributed by atoms with Gasteiger partial charge in [0.2, 0.25) is 0 Å². The Labute approximate surface area is 95.8 Å². The maximum absolute atomic E-state index is 12.4. The minimum absolute atomic E-state index is 0.0278. The van der Waals surface area contributed by atoms with Gasteiger partial charge in [-0.1, -0.05) is 11.6 Å². The monoisotopic (exact) mass is 275 g/mol. The molecule has 0 aliphatic carbocycles. The van der Waals surface area contributed by atoms with Crippen molar-refractivity contribution in [1.82, 2.24) is 4.98 Å². The average Bonchev–Trinajstić information content (AvgIpc) is 2.13. The lowest BCUT2D eigenvalue weighted by Crippen LogP contribution is -2.13. The second-order valence-corrected chi connectivity index (χ2v) is 3.22. The second kappa shape index (κ2) is 4.44. The summed E-state index contributed by atoms with van der Waals surface area (Å²) in [5.41, 5.74) is -4.11. The fourth-order valence-electron chi connectivity index (χ4n) is 1.06. The van der Waals surface area contributed by atoms with Crippen molar-refractivity contribution in [3.63, 3.8) is 0 Å². The van der Waals surface area contributed by atoms with Crippen molar-refractivity contribution in [2.24, 2.45) is 0 Å². The molecule has 94 valence electrons. The van der Waals surface area contributed by atoms with E-state index in [1.807, 2.05) is 0 Å². The van der Waals surface area contributed by atoms with E-state index < -0.39 is 40.5 Å². The summed E-state index contributed by atoms with van der Waals surface area (Å²) >= 11 is 5.15. The largest absolute Gasteiger partial charge is 0.478 e. The minimum atomic E-state index is -4.98. The summed E-state index contributed by atoms with van der Waals surface area (Å²) in [6, 6.07) is -0.0278. The van der Waals surface area contributed by atoms with Crippen LogP contribution in [-0.4, -0.2) is 16.1 Å². The van der Waals surface area contributed by atoms with Crippen LogP contribution >= 0.6 is 11.6 Å². The first-order valence-electron chi connectivity index (χ1n) is 3.93. The summed E-state index contributed by atoms with van der Waals surface area (Å²) < 4.78 is 61.5. The van der Waals surface area contributed by atoms with Crippen molar-refractivity contribution in [2.45, 2.75) is 12.6 Å². The molecule has 0 spiro atoms. The van der Waals surface area contributed by atoms with E-state index in [9.17, 15) is 26.7 Å². The van der Waals surface area contributed by atoms with E-state index in [2.05, 4.69) is 4.98 Å². The summed E-state index contributed by atoms with van der Waals surface area (Å²) in [7, 11) is 0. The van der Waals surface area contributed by atoms with Crippen molar-refractivity contribution in [3.05, 3.63) is 28.0 Å². The highest BCUT2D eigenvalue weighted by Crippen LogP contribution is 2.34. The molecular formula is C8H3ClF5NO2. The summed E-state index contributed by atoms with van der Waals surface area (Å²) in [6.45, 7) is 0. The number of pyridine rings is 1. The Bertz CT molecular complexity index is 460. The highest BCUT2D eigenvalue weighted by atomic mass is 35.5. The molecule has 1 heterocycles. The van der Waals surface area contributed by atoms with E-state index in [-0.39, 0.29) is 6.07 Å². The number of nitrogens with zero attached hydrogens (tertiary/aromatic N) is 1. The molecule has 0 amide bonds. The molecule has 1 aromatic rings. The van der Waals surface area contributed by atoms with Gasteiger partial charge in [0.05, 0.1) is 0 Å². The van der Waals surface area contributed by atoms with E-state index in [0.29, 0.717) is 0 Å². The number of carbonyl (C=O) groups is 1. The number of carboxylic acid groups (broad SMARTS) is 1. The standard InChI is InChI=1S/C8H3ClF5NO2/c9-5-4(7(16)17)2(6(10)11)1-3(15-5)8(12,13)14/h1,6H,(H,16,17). The van der Waals surface area contributed by atoms with Gasteiger partial charge in [-0.3, -0.25) is 0 Å². The number of aromatic carboxylic acids is 1. The van der Waals surface area contributed by atoms with Crippen LogP contribution in [0.3, 0.4) is 0 Å². The van der Waals surface area contributed by atoms with Crippen molar-refractivity contribution >= 4 is 17.6 Å². The van der Waals surface area contributed by atoms with Crippen molar-refractivity contribution < 1.29 is 31.9 Å². The molecule has 0 aromatic carbocycles. The molecule has 0 fully saturated rings. The Morgan fingerprint density at radius 3 is 2.29 bits per heavy atom. The molecule has 0 saturated heterocycles. The first kappa shape index (κ1) is 13.6. The third-order valence-electron chi connectivity index (χ3n) is 1.75. The van der Waals surface area contributed by atoms with Gasteiger partial charge in [-0.2, -0.15) is 13.2 Å². The smallest absolute Gasteiger partial charge is 0.433 e. The summed E-state index contributed by atoms with van der Waals surface area (Å²) in [6.07, 6.45) is -8.38.